The molecule has 18 heavy (non-hydrogen) atoms. The zero-order chi connectivity index (χ0) is 11.2. The van der Waals surface area contributed by atoms with Crippen molar-refractivity contribution in [2.75, 3.05) is 45.8 Å². The van der Waals surface area contributed by atoms with Gasteiger partial charge in [0.25, 0.3) is 0 Å². The number of nitrogens with zero attached hydrogens (tertiary/aromatic N) is 2. The van der Waals surface area contributed by atoms with Crippen LogP contribution in [0.1, 0.15) is 4.88 Å². The van der Waals surface area contributed by atoms with E-state index in [1.807, 2.05) is 11.3 Å². The molecule has 1 fully saturated rings. The molecule has 1 saturated heterocycles. The van der Waals surface area contributed by atoms with E-state index in [0.717, 1.165) is 13.1 Å². The van der Waals surface area contributed by atoms with Gasteiger partial charge in [-0.2, -0.15) is 0 Å². The lowest BCUT2D eigenvalue weighted by molar-refractivity contribution is 0.136. The van der Waals surface area contributed by atoms with E-state index in [1.165, 1.54) is 44.0 Å². The SMILES string of the molecule is Cl.Cl.NCCN1CCN(CCc2cccs2)CC1. The molecule has 0 aliphatic carbocycles. The topological polar surface area (TPSA) is 32.5 Å². The first-order chi connectivity index (χ1) is 7.88. The lowest BCUT2D eigenvalue weighted by atomic mass is 10.2. The van der Waals surface area contributed by atoms with E-state index in [9.17, 15) is 0 Å². The van der Waals surface area contributed by atoms with Gasteiger partial charge in [0.2, 0.25) is 0 Å². The maximum atomic E-state index is 5.56. The minimum atomic E-state index is 0. The van der Waals surface area contributed by atoms with Crippen LogP contribution < -0.4 is 5.73 Å². The van der Waals surface area contributed by atoms with Gasteiger partial charge in [-0.15, -0.1) is 36.2 Å². The predicted molar refractivity (Wildman–Crippen MR) is 84.5 cm³/mol. The smallest absolute Gasteiger partial charge is 0.0110 e. The highest BCUT2D eigenvalue weighted by atomic mass is 35.5. The van der Waals surface area contributed by atoms with Crippen molar-refractivity contribution in [2.45, 2.75) is 6.42 Å². The van der Waals surface area contributed by atoms with Gasteiger partial charge in [-0.25, -0.2) is 0 Å². The zero-order valence-electron chi connectivity index (χ0n) is 10.6. The van der Waals surface area contributed by atoms with Gasteiger partial charge in [0, 0.05) is 50.7 Å². The Morgan fingerprint density at radius 3 is 2.17 bits per heavy atom. The molecule has 106 valence electrons. The summed E-state index contributed by atoms with van der Waals surface area (Å²) in [7, 11) is 0. The van der Waals surface area contributed by atoms with Crippen molar-refractivity contribution in [2.24, 2.45) is 5.73 Å². The van der Waals surface area contributed by atoms with Gasteiger partial charge in [0.15, 0.2) is 0 Å². The average Bonchev–Trinajstić information content (AvgIpc) is 2.82. The summed E-state index contributed by atoms with van der Waals surface area (Å²) in [6, 6.07) is 4.37. The Balaban J connectivity index is 0.00000144. The molecular formula is C12H23Cl2N3S. The van der Waals surface area contributed by atoms with Crippen LogP contribution in [0.3, 0.4) is 0 Å². The van der Waals surface area contributed by atoms with Crippen LogP contribution in [0.25, 0.3) is 0 Å². The highest BCUT2D eigenvalue weighted by Gasteiger charge is 2.15. The summed E-state index contributed by atoms with van der Waals surface area (Å²) in [5.41, 5.74) is 5.56. The maximum absolute atomic E-state index is 5.56. The number of hydrogen-bond acceptors (Lipinski definition) is 4. The largest absolute Gasteiger partial charge is 0.329 e. The fourth-order valence-electron chi connectivity index (χ4n) is 2.14. The zero-order valence-corrected chi connectivity index (χ0v) is 13.0. The van der Waals surface area contributed by atoms with E-state index in [4.69, 9.17) is 5.73 Å². The number of thiophene rings is 1. The Morgan fingerprint density at radius 2 is 1.67 bits per heavy atom. The van der Waals surface area contributed by atoms with Crippen LogP contribution in [0.5, 0.6) is 0 Å². The summed E-state index contributed by atoms with van der Waals surface area (Å²) in [5, 5.41) is 2.16. The molecule has 0 aromatic carbocycles. The average molecular weight is 312 g/mol. The third-order valence-corrected chi connectivity index (χ3v) is 4.10. The first-order valence-electron chi connectivity index (χ1n) is 6.05. The highest BCUT2D eigenvalue weighted by molar-refractivity contribution is 7.09. The fourth-order valence-corrected chi connectivity index (χ4v) is 2.84. The summed E-state index contributed by atoms with van der Waals surface area (Å²) in [6.45, 7) is 7.81. The Kier molecular flexibility index (Phi) is 10.1. The van der Waals surface area contributed by atoms with E-state index in [1.54, 1.807) is 0 Å². The van der Waals surface area contributed by atoms with Crippen molar-refractivity contribution in [1.29, 1.82) is 0 Å². The third-order valence-electron chi connectivity index (χ3n) is 3.16. The molecule has 1 aliphatic rings. The van der Waals surface area contributed by atoms with Crippen molar-refractivity contribution < 1.29 is 0 Å². The molecule has 0 unspecified atom stereocenters. The monoisotopic (exact) mass is 311 g/mol. The summed E-state index contributed by atoms with van der Waals surface area (Å²) in [4.78, 5) is 6.53. The number of rotatable bonds is 5. The number of nitrogens with two attached hydrogens (primary N) is 1. The molecular weight excluding hydrogens is 289 g/mol. The fraction of sp³-hybridized carbons (Fsp3) is 0.667. The molecule has 2 heterocycles. The first-order valence-corrected chi connectivity index (χ1v) is 6.93. The summed E-state index contributed by atoms with van der Waals surface area (Å²) in [6.07, 6.45) is 1.20. The van der Waals surface area contributed by atoms with Crippen LogP contribution in [0.15, 0.2) is 17.5 Å². The Labute approximate surface area is 126 Å². The van der Waals surface area contributed by atoms with Gasteiger partial charge in [0.05, 0.1) is 0 Å². The van der Waals surface area contributed by atoms with E-state index >= 15 is 0 Å². The molecule has 3 nitrogen and oxygen atoms in total. The second-order valence-corrected chi connectivity index (χ2v) is 5.33. The lowest BCUT2D eigenvalue weighted by Gasteiger charge is -2.34. The van der Waals surface area contributed by atoms with E-state index in [0.29, 0.717) is 0 Å². The predicted octanol–water partition coefficient (Wildman–Crippen LogP) is 1.71. The standard InChI is InChI=1S/C12H21N3S.2ClH/c13-4-6-15-9-7-14(8-10-15)5-3-12-2-1-11-16-12;;/h1-2,11H,3-10,13H2;2*1H. The van der Waals surface area contributed by atoms with Crippen molar-refractivity contribution in [3.63, 3.8) is 0 Å². The van der Waals surface area contributed by atoms with E-state index in [-0.39, 0.29) is 24.8 Å². The van der Waals surface area contributed by atoms with Crippen LogP contribution in [-0.4, -0.2) is 55.6 Å². The Hall–Kier alpha value is 0.160. The van der Waals surface area contributed by atoms with Crippen LogP contribution >= 0.6 is 36.2 Å². The van der Waals surface area contributed by atoms with Crippen LogP contribution in [0.4, 0.5) is 0 Å². The molecule has 0 saturated carbocycles. The summed E-state index contributed by atoms with van der Waals surface area (Å²) < 4.78 is 0. The van der Waals surface area contributed by atoms with Gasteiger partial charge in [0.1, 0.15) is 0 Å². The second kappa shape index (κ2) is 10.0. The molecule has 1 aliphatic heterocycles. The normalized spacial score (nSPS) is 16.9. The van der Waals surface area contributed by atoms with Crippen molar-refractivity contribution in [3.8, 4) is 0 Å². The van der Waals surface area contributed by atoms with Crippen LogP contribution in [0, 0.1) is 0 Å². The van der Waals surface area contributed by atoms with E-state index in [2.05, 4.69) is 27.3 Å². The molecule has 1 aromatic rings. The quantitative estimate of drug-likeness (QED) is 0.898. The molecule has 2 N–H and O–H groups in total. The second-order valence-electron chi connectivity index (χ2n) is 4.30. The minimum absolute atomic E-state index is 0. The van der Waals surface area contributed by atoms with Gasteiger partial charge in [-0.3, -0.25) is 4.90 Å². The Bertz CT molecular complexity index is 288. The highest BCUT2D eigenvalue weighted by Crippen LogP contribution is 2.10. The van der Waals surface area contributed by atoms with Crippen LogP contribution in [-0.2, 0) is 6.42 Å². The van der Waals surface area contributed by atoms with Crippen LogP contribution in [0.2, 0.25) is 0 Å². The van der Waals surface area contributed by atoms with E-state index < -0.39 is 0 Å². The third kappa shape index (κ3) is 5.87. The molecule has 0 atom stereocenters. The summed E-state index contributed by atoms with van der Waals surface area (Å²) in [5.74, 6) is 0. The number of halogens is 2. The van der Waals surface area contributed by atoms with Gasteiger partial charge < -0.3 is 10.6 Å². The van der Waals surface area contributed by atoms with Crippen molar-refractivity contribution in [3.05, 3.63) is 22.4 Å². The molecule has 6 heteroatoms. The molecule has 1 aromatic heterocycles. The minimum Gasteiger partial charge on any atom is -0.329 e. The van der Waals surface area contributed by atoms with Gasteiger partial charge >= 0.3 is 0 Å². The van der Waals surface area contributed by atoms with Gasteiger partial charge in [-0.1, -0.05) is 6.07 Å². The first kappa shape index (κ1) is 18.2. The van der Waals surface area contributed by atoms with Crippen molar-refractivity contribution in [1.82, 2.24) is 9.80 Å². The van der Waals surface area contributed by atoms with Gasteiger partial charge in [-0.05, 0) is 17.9 Å². The molecule has 0 amide bonds. The number of hydrogen-bond donors (Lipinski definition) is 1. The maximum Gasteiger partial charge on any atom is 0.0110 e. The lowest BCUT2D eigenvalue weighted by Crippen LogP contribution is -2.48. The van der Waals surface area contributed by atoms with Crippen molar-refractivity contribution >= 4 is 36.2 Å². The Morgan fingerprint density at radius 1 is 1.06 bits per heavy atom. The molecule has 0 spiro atoms. The molecule has 0 radical (unpaired) electrons. The molecule has 0 bridgehead atoms. The number of piperazine rings is 1. The molecule has 2 rings (SSSR count). The summed E-state index contributed by atoms with van der Waals surface area (Å²) >= 11 is 1.87.